The monoisotopic (exact) mass is 317 g/mol. The van der Waals surface area contributed by atoms with Crippen molar-refractivity contribution in [2.45, 2.75) is 11.3 Å². The van der Waals surface area contributed by atoms with Gasteiger partial charge in [0.1, 0.15) is 13.2 Å². The number of thioether (sulfide) groups is 1. The molecule has 1 aliphatic heterocycles. The fourth-order valence-corrected chi connectivity index (χ4v) is 3.06. The Hall–Kier alpha value is -1.41. The largest absolute Gasteiger partial charge is 0.486 e. The highest BCUT2D eigenvalue weighted by Gasteiger charge is 2.21. The zero-order valence-electron chi connectivity index (χ0n) is 10.9. The summed E-state index contributed by atoms with van der Waals surface area (Å²) in [6, 6.07) is 4.27. The van der Waals surface area contributed by atoms with Gasteiger partial charge in [0, 0.05) is 18.2 Å². The van der Waals surface area contributed by atoms with Crippen LogP contribution in [0, 0.1) is 0 Å². The smallest absolute Gasteiger partial charge is 0.264 e. The van der Waals surface area contributed by atoms with Crippen LogP contribution in [0.2, 0.25) is 0 Å². The number of amides is 1. The molecule has 1 aromatic rings. The van der Waals surface area contributed by atoms with Gasteiger partial charge in [-0.05, 0) is 18.4 Å². The van der Waals surface area contributed by atoms with E-state index in [9.17, 15) is 13.2 Å². The molecule has 110 valence electrons. The summed E-state index contributed by atoms with van der Waals surface area (Å²) in [5.41, 5.74) is 0. The van der Waals surface area contributed by atoms with E-state index in [0.29, 0.717) is 30.5 Å². The summed E-state index contributed by atoms with van der Waals surface area (Å²) in [4.78, 5) is 11.5. The van der Waals surface area contributed by atoms with Crippen molar-refractivity contribution in [2.75, 3.05) is 25.2 Å². The molecule has 1 amide bonds. The van der Waals surface area contributed by atoms with Gasteiger partial charge in [-0.3, -0.25) is 4.79 Å². The topological polar surface area (TPSA) is 81.7 Å². The van der Waals surface area contributed by atoms with Crippen molar-refractivity contribution < 1.29 is 22.7 Å². The number of fused-ring (bicyclic) bond motifs is 1. The Labute approximate surface area is 121 Å². The van der Waals surface area contributed by atoms with Crippen molar-refractivity contribution in [1.29, 1.82) is 0 Å². The lowest BCUT2D eigenvalue weighted by atomic mass is 10.3. The summed E-state index contributed by atoms with van der Waals surface area (Å²) in [6.45, 7) is 0.807. The van der Waals surface area contributed by atoms with Gasteiger partial charge in [-0.1, -0.05) is 0 Å². The van der Waals surface area contributed by atoms with Crippen LogP contribution in [0.1, 0.15) is 6.42 Å². The van der Waals surface area contributed by atoms with Crippen LogP contribution in [0.15, 0.2) is 23.1 Å². The molecule has 6 nitrogen and oxygen atoms in total. The number of carbonyl (C=O) groups excluding carboxylic acids is 1. The Balaban J connectivity index is 2.15. The second kappa shape index (κ2) is 6.36. The molecule has 8 heteroatoms. The summed E-state index contributed by atoms with van der Waals surface area (Å²) < 4.78 is 36.8. The highest BCUT2D eigenvalue weighted by atomic mass is 32.2. The molecule has 0 saturated carbocycles. The quantitative estimate of drug-likeness (QED) is 0.873. The maximum Gasteiger partial charge on any atom is 0.264 e. The van der Waals surface area contributed by atoms with Crippen LogP contribution < -0.4 is 14.2 Å². The molecule has 0 aromatic heterocycles. The van der Waals surface area contributed by atoms with Crippen molar-refractivity contribution in [3.8, 4) is 11.5 Å². The van der Waals surface area contributed by atoms with Gasteiger partial charge in [-0.2, -0.15) is 11.8 Å². The van der Waals surface area contributed by atoms with Gasteiger partial charge in [0.15, 0.2) is 11.5 Å². The Kier molecular flexibility index (Phi) is 4.77. The van der Waals surface area contributed by atoms with E-state index < -0.39 is 15.9 Å². The number of benzene rings is 1. The van der Waals surface area contributed by atoms with E-state index in [-0.39, 0.29) is 11.3 Å². The molecule has 0 atom stereocenters. The molecular formula is C12H15NO5S2. The maximum atomic E-state index is 12.1. The van der Waals surface area contributed by atoms with E-state index >= 15 is 0 Å². The molecule has 2 rings (SSSR count). The van der Waals surface area contributed by atoms with Gasteiger partial charge in [0.05, 0.1) is 4.90 Å². The molecule has 0 aliphatic carbocycles. The molecule has 0 bridgehead atoms. The predicted molar refractivity (Wildman–Crippen MR) is 75.8 cm³/mol. The average Bonchev–Trinajstić information content (AvgIpc) is 2.44. The SMILES string of the molecule is CSCCC(=O)NS(=O)(=O)c1ccc2c(c1)OCCO2. The van der Waals surface area contributed by atoms with Gasteiger partial charge in [0.25, 0.3) is 10.0 Å². The molecular weight excluding hydrogens is 302 g/mol. The Morgan fingerprint density at radius 3 is 2.70 bits per heavy atom. The van der Waals surface area contributed by atoms with Gasteiger partial charge in [0.2, 0.25) is 5.91 Å². The van der Waals surface area contributed by atoms with E-state index in [1.165, 1.54) is 30.0 Å². The normalized spacial score (nSPS) is 13.8. The highest BCUT2D eigenvalue weighted by molar-refractivity contribution is 7.98. The fourth-order valence-electron chi connectivity index (χ4n) is 1.65. The molecule has 1 heterocycles. The zero-order chi connectivity index (χ0) is 14.6. The first-order valence-electron chi connectivity index (χ1n) is 5.97. The molecule has 1 aliphatic rings. The molecule has 0 fully saturated rings. The van der Waals surface area contributed by atoms with Crippen molar-refractivity contribution in [1.82, 2.24) is 4.72 Å². The van der Waals surface area contributed by atoms with Crippen LogP contribution in [-0.2, 0) is 14.8 Å². The number of carbonyl (C=O) groups is 1. The molecule has 0 spiro atoms. The summed E-state index contributed by atoms with van der Waals surface area (Å²) in [6.07, 6.45) is 2.01. The van der Waals surface area contributed by atoms with Crippen LogP contribution in [0.25, 0.3) is 0 Å². The van der Waals surface area contributed by atoms with E-state index in [1.54, 1.807) is 0 Å². The first-order valence-corrected chi connectivity index (χ1v) is 8.85. The van der Waals surface area contributed by atoms with Crippen LogP contribution in [0.4, 0.5) is 0 Å². The molecule has 0 unspecified atom stereocenters. The van der Waals surface area contributed by atoms with E-state index in [2.05, 4.69) is 0 Å². The number of nitrogens with one attached hydrogen (secondary N) is 1. The fraction of sp³-hybridized carbons (Fsp3) is 0.417. The third-order valence-electron chi connectivity index (χ3n) is 2.61. The summed E-state index contributed by atoms with van der Waals surface area (Å²) in [5.74, 6) is 0.927. The van der Waals surface area contributed by atoms with E-state index in [1.807, 2.05) is 11.0 Å². The number of hydrogen-bond donors (Lipinski definition) is 1. The lowest BCUT2D eigenvalue weighted by Gasteiger charge is -2.18. The van der Waals surface area contributed by atoms with Gasteiger partial charge >= 0.3 is 0 Å². The molecule has 1 N–H and O–H groups in total. The standard InChI is InChI=1S/C12H15NO5S2/c1-19-7-4-12(14)13-20(15,16)9-2-3-10-11(8-9)18-6-5-17-10/h2-3,8H,4-7H2,1H3,(H,13,14). The van der Waals surface area contributed by atoms with Gasteiger partial charge < -0.3 is 9.47 Å². The molecule has 0 radical (unpaired) electrons. The van der Waals surface area contributed by atoms with Crippen LogP contribution in [0.5, 0.6) is 11.5 Å². The molecule has 0 saturated heterocycles. The van der Waals surface area contributed by atoms with Crippen LogP contribution in [-0.4, -0.2) is 39.5 Å². The number of rotatable bonds is 5. The molecule has 20 heavy (non-hydrogen) atoms. The van der Waals surface area contributed by atoms with Gasteiger partial charge in [-0.15, -0.1) is 0 Å². The minimum Gasteiger partial charge on any atom is -0.486 e. The maximum absolute atomic E-state index is 12.1. The number of hydrogen-bond acceptors (Lipinski definition) is 6. The second-order valence-electron chi connectivity index (χ2n) is 4.08. The Morgan fingerprint density at radius 1 is 1.30 bits per heavy atom. The van der Waals surface area contributed by atoms with Crippen molar-refractivity contribution in [3.63, 3.8) is 0 Å². The van der Waals surface area contributed by atoms with Crippen molar-refractivity contribution >= 4 is 27.7 Å². The van der Waals surface area contributed by atoms with Crippen molar-refractivity contribution in [3.05, 3.63) is 18.2 Å². The number of sulfonamides is 1. The third-order valence-corrected chi connectivity index (χ3v) is 4.59. The van der Waals surface area contributed by atoms with Crippen LogP contribution in [0.3, 0.4) is 0 Å². The molecule has 1 aromatic carbocycles. The third kappa shape index (κ3) is 3.57. The van der Waals surface area contributed by atoms with Gasteiger partial charge in [-0.25, -0.2) is 13.1 Å². The summed E-state index contributed by atoms with van der Waals surface area (Å²) in [5, 5.41) is 0. The Morgan fingerprint density at radius 2 is 2.00 bits per heavy atom. The number of ether oxygens (including phenoxy) is 2. The second-order valence-corrected chi connectivity index (χ2v) is 6.74. The van der Waals surface area contributed by atoms with Crippen LogP contribution >= 0.6 is 11.8 Å². The highest BCUT2D eigenvalue weighted by Crippen LogP contribution is 2.32. The lowest BCUT2D eigenvalue weighted by Crippen LogP contribution is -2.30. The zero-order valence-corrected chi connectivity index (χ0v) is 12.6. The minimum absolute atomic E-state index is 0.0146. The minimum atomic E-state index is -3.87. The average molecular weight is 317 g/mol. The lowest BCUT2D eigenvalue weighted by molar-refractivity contribution is -0.118. The van der Waals surface area contributed by atoms with E-state index in [0.717, 1.165) is 0 Å². The first-order chi connectivity index (χ1) is 9.53. The van der Waals surface area contributed by atoms with Crippen molar-refractivity contribution in [2.24, 2.45) is 0 Å². The summed E-state index contributed by atoms with van der Waals surface area (Å²) >= 11 is 1.48. The Bertz CT molecular complexity index is 600. The predicted octanol–water partition coefficient (Wildman–Crippen LogP) is 1.02. The van der Waals surface area contributed by atoms with E-state index in [4.69, 9.17) is 9.47 Å². The summed E-state index contributed by atoms with van der Waals surface area (Å²) in [7, 11) is -3.87. The first kappa shape index (κ1) is 15.0.